The monoisotopic (exact) mass is 406 g/mol. The summed E-state index contributed by atoms with van der Waals surface area (Å²) < 4.78 is 5.25. The first kappa shape index (κ1) is 22.9. The number of aryl methyl sites for hydroxylation is 1. The summed E-state index contributed by atoms with van der Waals surface area (Å²) in [5, 5.41) is 3.75. The highest BCUT2D eigenvalue weighted by Crippen LogP contribution is 2.21. The number of nitrogens with zero attached hydrogens (tertiary/aromatic N) is 1. The minimum absolute atomic E-state index is 0.294. The number of hydrogen-bond donors (Lipinski definition) is 1. The molecule has 1 N–H and O–H groups in total. The molecule has 0 radical (unpaired) electrons. The number of nitrogens with one attached hydrogen (secondary N) is 1. The molecule has 2 heterocycles. The molecular weight excluding hydrogens is 368 g/mol. The SMILES string of the molecule is CCCCCCCCCCCCCCCCNc1nc2sc(C)cc2c(=O)o1. The molecule has 0 aliphatic rings. The van der Waals surface area contributed by atoms with E-state index in [-0.39, 0.29) is 5.63 Å². The van der Waals surface area contributed by atoms with Crippen LogP contribution >= 0.6 is 11.3 Å². The first-order chi connectivity index (χ1) is 13.7. The van der Waals surface area contributed by atoms with Crippen LogP contribution in [0.25, 0.3) is 10.2 Å². The molecule has 2 rings (SSSR count). The first-order valence-corrected chi connectivity index (χ1v) is 12.2. The molecule has 0 aliphatic heterocycles. The molecule has 0 fully saturated rings. The molecule has 0 aliphatic carbocycles. The average molecular weight is 407 g/mol. The Hall–Kier alpha value is -1.36. The van der Waals surface area contributed by atoms with E-state index in [1.54, 1.807) is 0 Å². The van der Waals surface area contributed by atoms with Crippen molar-refractivity contribution in [3.63, 3.8) is 0 Å². The lowest BCUT2D eigenvalue weighted by Crippen LogP contribution is -2.08. The van der Waals surface area contributed by atoms with Crippen LogP contribution in [-0.2, 0) is 0 Å². The second kappa shape index (κ2) is 13.8. The zero-order valence-electron chi connectivity index (χ0n) is 17.9. The average Bonchev–Trinajstić information content (AvgIpc) is 3.06. The normalized spacial score (nSPS) is 11.4. The maximum absolute atomic E-state index is 11.9. The number of anilines is 1. The largest absolute Gasteiger partial charge is 0.389 e. The predicted molar refractivity (Wildman–Crippen MR) is 122 cm³/mol. The van der Waals surface area contributed by atoms with Crippen LogP contribution in [0.4, 0.5) is 6.01 Å². The van der Waals surface area contributed by atoms with Gasteiger partial charge in [-0.1, -0.05) is 90.4 Å². The summed E-state index contributed by atoms with van der Waals surface area (Å²) in [7, 11) is 0. The Bertz CT molecular complexity index is 723. The first-order valence-electron chi connectivity index (χ1n) is 11.4. The quantitative estimate of drug-likeness (QED) is 0.294. The Morgan fingerprint density at radius 1 is 0.893 bits per heavy atom. The molecule has 0 atom stereocenters. The van der Waals surface area contributed by atoms with Gasteiger partial charge in [0.2, 0.25) is 0 Å². The summed E-state index contributed by atoms with van der Waals surface area (Å²) in [6.07, 6.45) is 19.0. The van der Waals surface area contributed by atoms with Gasteiger partial charge in [-0.15, -0.1) is 11.3 Å². The molecule has 2 aromatic rings. The topological polar surface area (TPSA) is 55.1 Å². The summed E-state index contributed by atoms with van der Waals surface area (Å²) in [6, 6.07) is 2.20. The Morgan fingerprint density at radius 3 is 2.00 bits per heavy atom. The van der Waals surface area contributed by atoms with Gasteiger partial charge >= 0.3 is 5.63 Å². The van der Waals surface area contributed by atoms with Crippen molar-refractivity contribution in [2.45, 2.75) is 104 Å². The van der Waals surface area contributed by atoms with Gasteiger partial charge in [-0.3, -0.25) is 0 Å². The third-order valence-corrected chi connectivity index (χ3v) is 6.20. The van der Waals surface area contributed by atoms with E-state index in [1.807, 2.05) is 13.0 Å². The molecule has 158 valence electrons. The molecule has 0 saturated heterocycles. The van der Waals surface area contributed by atoms with Crippen molar-refractivity contribution in [3.8, 4) is 0 Å². The van der Waals surface area contributed by atoms with Gasteiger partial charge in [0.05, 0.1) is 5.39 Å². The van der Waals surface area contributed by atoms with Crippen LogP contribution in [0.15, 0.2) is 15.3 Å². The van der Waals surface area contributed by atoms with Crippen molar-refractivity contribution in [2.75, 3.05) is 11.9 Å². The zero-order valence-corrected chi connectivity index (χ0v) is 18.7. The van der Waals surface area contributed by atoms with E-state index in [2.05, 4.69) is 17.2 Å². The third kappa shape index (κ3) is 8.76. The van der Waals surface area contributed by atoms with Crippen molar-refractivity contribution >= 4 is 27.6 Å². The minimum Gasteiger partial charge on any atom is -0.389 e. The van der Waals surface area contributed by atoms with E-state index >= 15 is 0 Å². The number of hydrogen-bond acceptors (Lipinski definition) is 5. The standard InChI is InChI=1S/C23H38N2O2S/c1-3-4-5-6-7-8-9-10-11-12-13-14-15-16-17-24-23-25-21-20(22(26)27-23)18-19(2)28-21/h18H,3-17H2,1-2H3,(H,24,25). The highest BCUT2D eigenvalue weighted by Gasteiger charge is 2.08. The predicted octanol–water partition coefficient (Wildman–Crippen LogP) is 7.45. The Balaban J connectivity index is 1.42. The Kier molecular flexibility index (Phi) is 11.3. The lowest BCUT2D eigenvalue weighted by Gasteiger charge is -2.05. The Labute approximate surface area is 174 Å². The zero-order chi connectivity index (χ0) is 20.0. The summed E-state index contributed by atoms with van der Waals surface area (Å²) in [4.78, 5) is 18.2. The molecule has 0 amide bonds. The highest BCUT2D eigenvalue weighted by atomic mass is 32.1. The number of thiophene rings is 1. The van der Waals surface area contributed by atoms with Gasteiger partial charge in [0.1, 0.15) is 4.83 Å². The number of fused-ring (bicyclic) bond motifs is 1. The van der Waals surface area contributed by atoms with Crippen molar-refractivity contribution < 1.29 is 4.42 Å². The molecule has 4 nitrogen and oxygen atoms in total. The van der Waals surface area contributed by atoms with E-state index < -0.39 is 0 Å². The molecular formula is C23H38N2O2S. The van der Waals surface area contributed by atoms with Gasteiger partial charge in [-0.25, -0.2) is 4.79 Å². The van der Waals surface area contributed by atoms with Gasteiger partial charge in [-0.05, 0) is 19.4 Å². The summed E-state index contributed by atoms with van der Waals surface area (Å²) in [5.74, 6) is 0. The number of aromatic nitrogens is 1. The fourth-order valence-electron chi connectivity index (χ4n) is 3.58. The van der Waals surface area contributed by atoms with Crippen LogP contribution in [0.2, 0.25) is 0 Å². The van der Waals surface area contributed by atoms with Crippen LogP contribution in [0, 0.1) is 6.92 Å². The van der Waals surface area contributed by atoms with Crippen molar-refractivity contribution in [2.24, 2.45) is 0 Å². The van der Waals surface area contributed by atoms with E-state index in [4.69, 9.17) is 4.42 Å². The smallest absolute Gasteiger partial charge is 0.349 e. The maximum Gasteiger partial charge on any atom is 0.349 e. The van der Waals surface area contributed by atoms with Gasteiger partial charge in [0, 0.05) is 11.4 Å². The molecule has 2 aromatic heterocycles. The second-order valence-electron chi connectivity index (χ2n) is 7.91. The summed E-state index contributed by atoms with van der Waals surface area (Å²) in [6.45, 7) is 5.07. The number of rotatable bonds is 16. The van der Waals surface area contributed by atoms with Crippen molar-refractivity contribution in [1.82, 2.24) is 4.98 Å². The fourth-order valence-corrected chi connectivity index (χ4v) is 4.44. The minimum atomic E-state index is -0.294. The van der Waals surface area contributed by atoms with Crippen LogP contribution < -0.4 is 10.9 Å². The summed E-state index contributed by atoms with van der Waals surface area (Å²) >= 11 is 1.53. The van der Waals surface area contributed by atoms with Crippen LogP contribution in [0.1, 0.15) is 102 Å². The molecule has 0 aromatic carbocycles. The summed E-state index contributed by atoms with van der Waals surface area (Å²) in [5.41, 5.74) is -0.294. The third-order valence-electron chi connectivity index (χ3n) is 5.25. The molecule has 28 heavy (non-hydrogen) atoms. The lowest BCUT2D eigenvalue weighted by molar-refractivity contribution is 0.513. The number of unbranched alkanes of at least 4 members (excludes halogenated alkanes) is 13. The van der Waals surface area contributed by atoms with E-state index in [9.17, 15) is 4.79 Å². The van der Waals surface area contributed by atoms with Crippen LogP contribution in [0.3, 0.4) is 0 Å². The maximum atomic E-state index is 11.9. The van der Waals surface area contributed by atoms with Crippen molar-refractivity contribution in [3.05, 3.63) is 21.4 Å². The van der Waals surface area contributed by atoms with Gasteiger partial charge < -0.3 is 9.73 Å². The second-order valence-corrected chi connectivity index (χ2v) is 9.14. The molecule has 0 spiro atoms. The van der Waals surface area contributed by atoms with Gasteiger partial charge in [0.25, 0.3) is 6.01 Å². The molecule has 0 unspecified atom stereocenters. The van der Waals surface area contributed by atoms with E-state index in [0.717, 1.165) is 22.7 Å². The van der Waals surface area contributed by atoms with E-state index in [1.165, 1.54) is 94.8 Å². The molecule has 0 saturated carbocycles. The van der Waals surface area contributed by atoms with E-state index in [0.29, 0.717) is 11.4 Å². The van der Waals surface area contributed by atoms with Gasteiger partial charge in [-0.2, -0.15) is 4.98 Å². The Morgan fingerprint density at radius 2 is 1.43 bits per heavy atom. The van der Waals surface area contributed by atoms with Crippen LogP contribution in [-0.4, -0.2) is 11.5 Å². The van der Waals surface area contributed by atoms with Crippen molar-refractivity contribution in [1.29, 1.82) is 0 Å². The molecule has 0 bridgehead atoms. The van der Waals surface area contributed by atoms with Crippen LogP contribution in [0.5, 0.6) is 0 Å². The lowest BCUT2D eigenvalue weighted by atomic mass is 10.0. The fraction of sp³-hybridized carbons (Fsp3) is 0.739. The highest BCUT2D eigenvalue weighted by molar-refractivity contribution is 7.18. The van der Waals surface area contributed by atoms with Gasteiger partial charge in [0.15, 0.2) is 0 Å². The molecule has 5 heteroatoms.